The minimum atomic E-state index is -4.27. The molecular formula is C34H32N2O10S5. The molecule has 0 saturated heterocycles. The summed E-state index contributed by atoms with van der Waals surface area (Å²) >= 11 is 3.20. The summed E-state index contributed by atoms with van der Waals surface area (Å²) in [6.45, 7) is 6.96. The van der Waals surface area contributed by atoms with E-state index >= 15 is 0 Å². The van der Waals surface area contributed by atoms with Crippen LogP contribution in [0.4, 0.5) is 0 Å². The maximum Gasteiger partial charge on any atom is 0.367 e. The highest BCUT2D eigenvalue weighted by Crippen LogP contribution is 2.32. The predicted octanol–water partition coefficient (Wildman–Crippen LogP) is 7.20. The highest BCUT2D eigenvalue weighted by Gasteiger charge is 2.22. The van der Waals surface area contributed by atoms with E-state index in [0.29, 0.717) is 9.79 Å². The summed E-state index contributed by atoms with van der Waals surface area (Å²) in [5.41, 5.74) is 1.73. The summed E-state index contributed by atoms with van der Waals surface area (Å²) < 4.78 is 70.2. The number of rotatable bonds is 12. The number of hydrogen-bond acceptors (Lipinski definition) is 15. The van der Waals surface area contributed by atoms with Crippen LogP contribution in [0.15, 0.2) is 137 Å². The average Bonchev–Trinajstić information content (AvgIpc) is 3.10. The van der Waals surface area contributed by atoms with E-state index in [0.717, 1.165) is 44.4 Å². The predicted molar refractivity (Wildman–Crippen MR) is 196 cm³/mol. The zero-order valence-electron chi connectivity index (χ0n) is 27.7. The Morgan fingerprint density at radius 1 is 0.529 bits per heavy atom. The Labute approximate surface area is 309 Å². The van der Waals surface area contributed by atoms with Crippen LogP contribution >= 0.6 is 35.3 Å². The first-order valence-corrected chi connectivity index (χ1v) is 20.3. The van der Waals surface area contributed by atoms with E-state index in [9.17, 15) is 26.4 Å². The molecular weight excluding hydrogens is 757 g/mol. The zero-order chi connectivity index (χ0) is 37.0. The van der Waals surface area contributed by atoms with Crippen LogP contribution in [-0.2, 0) is 47.9 Å². The lowest BCUT2D eigenvalue weighted by Crippen LogP contribution is -2.16. The number of aryl methyl sites for hydroxylation is 2. The van der Waals surface area contributed by atoms with Gasteiger partial charge < -0.3 is 9.47 Å². The monoisotopic (exact) mass is 788 g/mol. The third-order valence-corrected chi connectivity index (χ3v) is 11.4. The summed E-state index contributed by atoms with van der Waals surface area (Å²) in [4.78, 5) is 27.7. The third kappa shape index (κ3) is 11.9. The molecule has 0 spiro atoms. The number of oxime groups is 2. The van der Waals surface area contributed by atoms with E-state index < -0.39 is 32.2 Å². The van der Waals surface area contributed by atoms with Gasteiger partial charge in [-0.05, 0) is 100 Å². The van der Waals surface area contributed by atoms with Crippen LogP contribution in [0.3, 0.4) is 0 Å². The van der Waals surface area contributed by atoms with Crippen LogP contribution in [-0.4, -0.2) is 52.1 Å². The number of carbonyl (C=O) groups excluding carboxylic acids is 2. The maximum atomic E-state index is 12.6. The quantitative estimate of drug-likeness (QED) is 0.0466. The van der Waals surface area contributed by atoms with E-state index in [2.05, 4.69) is 10.3 Å². The van der Waals surface area contributed by atoms with Crippen molar-refractivity contribution in [3.05, 3.63) is 108 Å². The summed E-state index contributed by atoms with van der Waals surface area (Å²) in [6, 6.07) is 26.1. The molecule has 4 rings (SSSR count). The Hall–Kier alpha value is -4.29. The fourth-order valence-corrected chi connectivity index (χ4v) is 7.54. The molecule has 17 heteroatoms. The Morgan fingerprint density at radius 2 is 0.843 bits per heavy atom. The molecule has 12 nitrogen and oxygen atoms in total. The number of esters is 2. The highest BCUT2D eigenvalue weighted by molar-refractivity contribution is 8.16. The van der Waals surface area contributed by atoms with Crippen LogP contribution in [0.2, 0.25) is 0 Å². The molecule has 0 aliphatic heterocycles. The van der Waals surface area contributed by atoms with Crippen molar-refractivity contribution in [2.45, 2.75) is 57.1 Å². The minimum Gasteiger partial charge on any atom is -0.461 e. The lowest BCUT2D eigenvalue weighted by Gasteiger charge is -2.08. The van der Waals surface area contributed by atoms with Crippen molar-refractivity contribution in [2.24, 2.45) is 10.3 Å². The smallest absolute Gasteiger partial charge is 0.367 e. The standard InChI is InChI=1S/C34H32N2O10S5/c1-5-43-33(37)31(35-45-50(39,40)29-19-7-23(3)8-20-29)48-27-15-11-25(12-16-27)47-26-13-17-28(18-14-26)49-32(34(38)44-6-2)36-46-51(41,42)30-21-9-24(4)10-22-30/h7-22H,5-6H2,1-4H3. The summed E-state index contributed by atoms with van der Waals surface area (Å²) in [6.07, 6.45) is 0. The van der Waals surface area contributed by atoms with E-state index in [1.807, 2.05) is 13.8 Å². The number of thioether (sulfide) groups is 2. The first-order chi connectivity index (χ1) is 24.3. The van der Waals surface area contributed by atoms with Gasteiger partial charge in [0, 0.05) is 19.6 Å². The molecule has 0 radical (unpaired) electrons. The fourth-order valence-electron chi connectivity index (χ4n) is 3.75. The third-order valence-electron chi connectivity index (χ3n) is 6.27. The Bertz CT molecular complexity index is 1950. The summed E-state index contributed by atoms with van der Waals surface area (Å²) in [7, 11) is -8.53. The Kier molecular flexibility index (Phi) is 14.2. The van der Waals surface area contributed by atoms with Gasteiger partial charge in [-0.1, -0.05) is 81.0 Å². The SMILES string of the molecule is CCOC(=O)C(=NOS(=O)(=O)c1ccc(C)cc1)Sc1ccc(Sc2ccc(SC(=NOS(=O)(=O)c3ccc(C)cc3)C(=O)OCC)cc2)cc1. The van der Waals surface area contributed by atoms with E-state index in [-0.39, 0.29) is 33.1 Å². The number of benzene rings is 4. The molecule has 0 N–H and O–H groups in total. The van der Waals surface area contributed by atoms with Crippen molar-refractivity contribution in [3.63, 3.8) is 0 Å². The number of hydrogen-bond donors (Lipinski definition) is 0. The second kappa shape index (κ2) is 18.3. The van der Waals surface area contributed by atoms with Crippen LogP contribution in [0, 0.1) is 13.8 Å². The molecule has 0 aromatic heterocycles. The first-order valence-electron chi connectivity index (χ1n) is 15.0. The molecule has 0 aliphatic carbocycles. The van der Waals surface area contributed by atoms with Gasteiger partial charge in [0.25, 0.3) is 0 Å². The number of carbonyl (C=O) groups is 2. The number of nitrogens with zero attached hydrogens (tertiary/aromatic N) is 2. The molecule has 4 aromatic carbocycles. The number of ether oxygens (including phenoxy) is 2. The van der Waals surface area contributed by atoms with Crippen molar-refractivity contribution in [1.82, 2.24) is 0 Å². The lowest BCUT2D eigenvalue weighted by atomic mass is 10.2. The van der Waals surface area contributed by atoms with Gasteiger partial charge in [-0.2, -0.15) is 16.8 Å². The molecule has 0 amide bonds. The summed E-state index contributed by atoms with van der Waals surface area (Å²) in [5.74, 6) is -1.68. The Morgan fingerprint density at radius 3 is 1.16 bits per heavy atom. The van der Waals surface area contributed by atoms with Crippen LogP contribution in [0.25, 0.3) is 0 Å². The van der Waals surface area contributed by atoms with Crippen molar-refractivity contribution in [3.8, 4) is 0 Å². The van der Waals surface area contributed by atoms with Gasteiger partial charge >= 0.3 is 32.2 Å². The van der Waals surface area contributed by atoms with Gasteiger partial charge in [-0.25, -0.2) is 9.59 Å². The van der Waals surface area contributed by atoms with Crippen molar-refractivity contribution < 1.29 is 44.5 Å². The van der Waals surface area contributed by atoms with Gasteiger partial charge in [-0.3, -0.25) is 8.57 Å². The van der Waals surface area contributed by atoms with Crippen molar-refractivity contribution in [1.29, 1.82) is 0 Å². The van der Waals surface area contributed by atoms with Crippen molar-refractivity contribution in [2.75, 3.05) is 13.2 Å². The molecule has 0 heterocycles. The molecule has 268 valence electrons. The molecule has 51 heavy (non-hydrogen) atoms. The molecule has 0 bridgehead atoms. The maximum absolute atomic E-state index is 12.6. The van der Waals surface area contributed by atoms with E-state index in [1.165, 1.54) is 36.0 Å². The van der Waals surface area contributed by atoms with Gasteiger partial charge in [0.1, 0.15) is 9.79 Å². The molecule has 0 atom stereocenters. The highest BCUT2D eigenvalue weighted by atomic mass is 32.2. The van der Waals surface area contributed by atoms with E-state index in [1.54, 1.807) is 86.6 Å². The summed E-state index contributed by atoms with van der Waals surface area (Å²) in [5, 5.41) is 6.64. The molecule has 4 aromatic rings. The van der Waals surface area contributed by atoms with E-state index in [4.69, 9.17) is 18.0 Å². The van der Waals surface area contributed by atoms with Crippen LogP contribution < -0.4 is 0 Å². The largest absolute Gasteiger partial charge is 0.461 e. The topological polar surface area (TPSA) is 164 Å². The minimum absolute atomic E-state index is 0.0522. The molecule has 0 unspecified atom stereocenters. The van der Waals surface area contributed by atoms with Gasteiger partial charge in [0.05, 0.1) is 13.2 Å². The van der Waals surface area contributed by atoms with Gasteiger partial charge in [-0.15, -0.1) is 0 Å². The van der Waals surface area contributed by atoms with Crippen LogP contribution in [0.1, 0.15) is 25.0 Å². The zero-order valence-corrected chi connectivity index (χ0v) is 31.8. The lowest BCUT2D eigenvalue weighted by molar-refractivity contribution is -0.135. The second-order valence-electron chi connectivity index (χ2n) is 10.2. The first kappa shape index (κ1) is 39.5. The average molecular weight is 789 g/mol. The Balaban J connectivity index is 1.42. The van der Waals surface area contributed by atoms with Gasteiger partial charge in [0.2, 0.25) is 10.1 Å². The molecule has 0 fully saturated rings. The normalized spacial score (nSPS) is 12.2. The molecule has 0 aliphatic rings. The molecule has 0 saturated carbocycles. The van der Waals surface area contributed by atoms with Gasteiger partial charge in [0.15, 0.2) is 0 Å². The fraction of sp³-hybridized carbons (Fsp3) is 0.176. The van der Waals surface area contributed by atoms with Crippen molar-refractivity contribution >= 4 is 77.5 Å². The van der Waals surface area contributed by atoms with Crippen LogP contribution in [0.5, 0.6) is 0 Å². The second-order valence-corrected chi connectivity index (χ2v) is 16.5.